The van der Waals surface area contributed by atoms with Crippen LogP contribution in [0.1, 0.15) is 11.5 Å². The third kappa shape index (κ3) is 3.78. The lowest BCUT2D eigenvalue weighted by atomic mass is 10.1. The van der Waals surface area contributed by atoms with Crippen LogP contribution in [0.2, 0.25) is 5.02 Å². The molecule has 1 N–H and O–H groups in total. The van der Waals surface area contributed by atoms with Crippen LogP contribution in [-0.2, 0) is 24.8 Å². The smallest absolute Gasteiger partial charge is 0.246 e. The third-order valence-electron chi connectivity index (χ3n) is 3.33. The standard InChI is InChI=1S/C16H15ClN4O2/c1-21-7-3-6-13(21)16-19-15(23-20-16)10-18-14(22)9-11-4-2-5-12(17)8-11/h2-8H,9-10H2,1H3,(H,18,22). The van der Waals surface area contributed by atoms with Crippen LogP contribution in [0.25, 0.3) is 11.5 Å². The Morgan fingerprint density at radius 2 is 2.22 bits per heavy atom. The summed E-state index contributed by atoms with van der Waals surface area (Å²) >= 11 is 5.90. The minimum Gasteiger partial charge on any atom is -0.348 e. The number of carbonyl (C=O) groups excluding carboxylic acids is 1. The van der Waals surface area contributed by atoms with Crippen LogP contribution in [-0.4, -0.2) is 20.6 Å². The largest absolute Gasteiger partial charge is 0.348 e. The second-order valence-corrected chi connectivity index (χ2v) is 5.54. The SMILES string of the molecule is Cn1cccc1-c1noc(CNC(=O)Cc2cccc(Cl)c2)n1. The summed E-state index contributed by atoms with van der Waals surface area (Å²) in [4.78, 5) is 16.2. The van der Waals surface area contributed by atoms with Gasteiger partial charge in [-0.15, -0.1) is 0 Å². The summed E-state index contributed by atoms with van der Waals surface area (Å²) in [5.74, 6) is 0.725. The van der Waals surface area contributed by atoms with Crippen molar-refractivity contribution in [2.75, 3.05) is 0 Å². The highest BCUT2D eigenvalue weighted by molar-refractivity contribution is 6.30. The van der Waals surface area contributed by atoms with Gasteiger partial charge >= 0.3 is 0 Å². The van der Waals surface area contributed by atoms with Gasteiger partial charge in [0.15, 0.2) is 0 Å². The van der Waals surface area contributed by atoms with E-state index in [9.17, 15) is 4.79 Å². The van der Waals surface area contributed by atoms with Crippen molar-refractivity contribution in [1.29, 1.82) is 0 Å². The van der Waals surface area contributed by atoms with Crippen molar-refractivity contribution in [2.24, 2.45) is 7.05 Å². The van der Waals surface area contributed by atoms with Gasteiger partial charge in [-0.05, 0) is 29.8 Å². The molecule has 2 aromatic heterocycles. The van der Waals surface area contributed by atoms with Gasteiger partial charge in [0, 0.05) is 18.3 Å². The zero-order chi connectivity index (χ0) is 16.2. The first-order valence-electron chi connectivity index (χ1n) is 7.07. The summed E-state index contributed by atoms with van der Waals surface area (Å²) in [5, 5.41) is 7.28. The summed E-state index contributed by atoms with van der Waals surface area (Å²) in [6.07, 6.45) is 2.15. The molecule has 0 saturated heterocycles. The molecule has 23 heavy (non-hydrogen) atoms. The summed E-state index contributed by atoms with van der Waals surface area (Å²) in [5.41, 5.74) is 1.70. The topological polar surface area (TPSA) is 73.0 Å². The fourth-order valence-electron chi connectivity index (χ4n) is 2.19. The number of halogens is 1. The Morgan fingerprint density at radius 3 is 2.96 bits per heavy atom. The maximum atomic E-state index is 11.9. The van der Waals surface area contributed by atoms with E-state index < -0.39 is 0 Å². The average Bonchev–Trinajstić information content (AvgIpc) is 3.13. The molecule has 0 spiro atoms. The van der Waals surface area contributed by atoms with Crippen LogP contribution in [0.3, 0.4) is 0 Å². The molecule has 0 atom stereocenters. The average molecular weight is 331 g/mol. The van der Waals surface area contributed by atoms with E-state index in [0.29, 0.717) is 16.7 Å². The van der Waals surface area contributed by atoms with Crippen LogP contribution >= 0.6 is 11.6 Å². The number of hydrogen-bond donors (Lipinski definition) is 1. The number of amides is 1. The molecule has 1 amide bonds. The molecule has 2 heterocycles. The number of nitrogens with one attached hydrogen (secondary N) is 1. The van der Waals surface area contributed by atoms with Crippen molar-refractivity contribution in [2.45, 2.75) is 13.0 Å². The third-order valence-corrected chi connectivity index (χ3v) is 3.57. The van der Waals surface area contributed by atoms with Crippen LogP contribution < -0.4 is 5.32 Å². The molecule has 0 aliphatic carbocycles. The molecule has 0 bridgehead atoms. The molecule has 3 aromatic rings. The quantitative estimate of drug-likeness (QED) is 0.780. The van der Waals surface area contributed by atoms with Crippen molar-refractivity contribution in [3.8, 4) is 11.5 Å². The molecule has 7 heteroatoms. The molecule has 0 radical (unpaired) electrons. The van der Waals surface area contributed by atoms with Gasteiger partial charge in [0.2, 0.25) is 17.6 Å². The van der Waals surface area contributed by atoms with Crippen LogP contribution in [0.4, 0.5) is 0 Å². The Kier molecular flexibility index (Phi) is 4.43. The molecular weight excluding hydrogens is 316 g/mol. The van der Waals surface area contributed by atoms with E-state index in [1.807, 2.05) is 42.1 Å². The maximum Gasteiger partial charge on any atom is 0.246 e. The maximum absolute atomic E-state index is 11.9. The van der Waals surface area contributed by atoms with E-state index in [0.717, 1.165) is 11.3 Å². The van der Waals surface area contributed by atoms with Crippen molar-refractivity contribution < 1.29 is 9.32 Å². The highest BCUT2D eigenvalue weighted by Crippen LogP contribution is 2.15. The number of nitrogens with zero attached hydrogens (tertiary/aromatic N) is 3. The number of rotatable bonds is 5. The van der Waals surface area contributed by atoms with Gasteiger partial charge in [-0.3, -0.25) is 4.79 Å². The lowest BCUT2D eigenvalue weighted by Crippen LogP contribution is -2.24. The van der Waals surface area contributed by atoms with Gasteiger partial charge in [-0.25, -0.2) is 0 Å². The Hall–Kier alpha value is -2.60. The lowest BCUT2D eigenvalue weighted by Gasteiger charge is -2.03. The Labute approximate surface area is 138 Å². The summed E-state index contributed by atoms with van der Waals surface area (Å²) in [6, 6.07) is 11.0. The fourth-order valence-corrected chi connectivity index (χ4v) is 2.41. The second-order valence-electron chi connectivity index (χ2n) is 5.10. The van der Waals surface area contributed by atoms with E-state index in [1.54, 1.807) is 12.1 Å². The second kappa shape index (κ2) is 6.66. The normalized spacial score (nSPS) is 10.7. The van der Waals surface area contributed by atoms with Crippen LogP contribution in [0.5, 0.6) is 0 Å². The first-order chi connectivity index (χ1) is 11.1. The van der Waals surface area contributed by atoms with Gasteiger partial charge in [-0.1, -0.05) is 28.9 Å². The molecule has 6 nitrogen and oxygen atoms in total. The molecule has 0 aliphatic heterocycles. The van der Waals surface area contributed by atoms with Gasteiger partial charge in [0.05, 0.1) is 18.7 Å². The molecule has 0 saturated carbocycles. The van der Waals surface area contributed by atoms with E-state index in [2.05, 4.69) is 15.5 Å². The van der Waals surface area contributed by atoms with E-state index in [-0.39, 0.29) is 18.9 Å². The molecule has 0 unspecified atom stereocenters. The van der Waals surface area contributed by atoms with Crippen molar-refractivity contribution >= 4 is 17.5 Å². The molecular formula is C16H15ClN4O2. The van der Waals surface area contributed by atoms with E-state index in [4.69, 9.17) is 16.1 Å². The van der Waals surface area contributed by atoms with Crippen LogP contribution in [0.15, 0.2) is 47.1 Å². The number of benzene rings is 1. The summed E-state index contributed by atoms with van der Waals surface area (Å²) in [7, 11) is 1.90. The zero-order valence-corrected chi connectivity index (χ0v) is 13.2. The molecule has 1 aromatic carbocycles. The first-order valence-corrected chi connectivity index (χ1v) is 7.45. The molecule has 3 rings (SSSR count). The monoisotopic (exact) mass is 330 g/mol. The summed E-state index contributed by atoms with van der Waals surface area (Å²) in [6.45, 7) is 0.191. The van der Waals surface area contributed by atoms with Crippen LogP contribution in [0, 0.1) is 0 Å². The number of hydrogen-bond acceptors (Lipinski definition) is 4. The minimum absolute atomic E-state index is 0.133. The van der Waals surface area contributed by atoms with Gasteiger partial charge in [0.25, 0.3) is 0 Å². The highest BCUT2D eigenvalue weighted by Gasteiger charge is 2.12. The van der Waals surface area contributed by atoms with E-state index in [1.165, 1.54) is 0 Å². The molecule has 0 aliphatic rings. The zero-order valence-electron chi connectivity index (χ0n) is 12.5. The lowest BCUT2D eigenvalue weighted by molar-refractivity contribution is -0.120. The summed E-state index contributed by atoms with van der Waals surface area (Å²) < 4.78 is 7.05. The fraction of sp³-hybridized carbons (Fsp3) is 0.188. The van der Waals surface area contributed by atoms with Gasteiger partial charge < -0.3 is 14.4 Å². The van der Waals surface area contributed by atoms with Crippen molar-refractivity contribution in [3.63, 3.8) is 0 Å². The number of carbonyl (C=O) groups is 1. The predicted molar refractivity (Wildman–Crippen MR) is 85.7 cm³/mol. The molecule has 118 valence electrons. The van der Waals surface area contributed by atoms with Gasteiger partial charge in [-0.2, -0.15) is 4.98 Å². The Balaban J connectivity index is 1.57. The predicted octanol–water partition coefficient (Wildman–Crippen LogP) is 2.59. The van der Waals surface area contributed by atoms with E-state index >= 15 is 0 Å². The number of aromatic nitrogens is 3. The Bertz CT molecular complexity index is 825. The number of aryl methyl sites for hydroxylation is 1. The van der Waals surface area contributed by atoms with Gasteiger partial charge in [0.1, 0.15) is 0 Å². The minimum atomic E-state index is -0.133. The van der Waals surface area contributed by atoms with Crippen molar-refractivity contribution in [3.05, 3.63) is 59.1 Å². The molecule has 0 fully saturated rings. The Morgan fingerprint density at radius 1 is 1.35 bits per heavy atom. The first kappa shape index (κ1) is 15.3. The highest BCUT2D eigenvalue weighted by atomic mass is 35.5. The van der Waals surface area contributed by atoms with Crippen molar-refractivity contribution in [1.82, 2.24) is 20.0 Å².